The van der Waals surface area contributed by atoms with E-state index in [9.17, 15) is 4.79 Å². The van der Waals surface area contributed by atoms with Gasteiger partial charge in [-0.2, -0.15) is 5.10 Å². The molecule has 4 nitrogen and oxygen atoms in total. The molecule has 3 N–H and O–H groups in total. The predicted octanol–water partition coefficient (Wildman–Crippen LogP) is 2.00. The summed E-state index contributed by atoms with van der Waals surface area (Å²) < 4.78 is 0. The van der Waals surface area contributed by atoms with Crippen LogP contribution in [0.15, 0.2) is 5.10 Å². The van der Waals surface area contributed by atoms with Gasteiger partial charge < -0.3 is 5.73 Å². The van der Waals surface area contributed by atoms with Crippen molar-refractivity contribution in [2.45, 2.75) is 44.9 Å². The highest BCUT2D eigenvalue weighted by atomic mass is 16.2. The molecule has 2 amide bonds. The van der Waals surface area contributed by atoms with E-state index in [1.54, 1.807) is 0 Å². The van der Waals surface area contributed by atoms with Crippen LogP contribution >= 0.6 is 0 Å². The molecule has 2 aliphatic rings. The lowest BCUT2D eigenvalue weighted by atomic mass is 9.70. The Morgan fingerprint density at radius 2 is 2.00 bits per heavy atom. The molecule has 0 spiro atoms. The number of hydrogen-bond acceptors (Lipinski definition) is 2. The van der Waals surface area contributed by atoms with E-state index in [0.29, 0.717) is 0 Å². The van der Waals surface area contributed by atoms with Gasteiger partial charge in [-0.3, -0.25) is 0 Å². The van der Waals surface area contributed by atoms with E-state index in [2.05, 4.69) is 10.5 Å². The third-order valence-electron chi connectivity index (χ3n) is 3.69. The number of fused-ring (bicyclic) bond motifs is 1. The zero-order valence-electron chi connectivity index (χ0n) is 9.04. The van der Waals surface area contributed by atoms with Gasteiger partial charge in [-0.15, -0.1) is 0 Å². The van der Waals surface area contributed by atoms with Crippen LogP contribution in [0.2, 0.25) is 0 Å². The largest absolute Gasteiger partial charge is 0.350 e. The fourth-order valence-corrected chi connectivity index (χ4v) is 2.93. The molecule has 84 valence electrons. The van der Waals surface area contributed by atoms with E-state index in [1.807, 2.05) is 0 Å². The maximum absolute atomic E-state index is 10.5. The number of rotatable bonds is 1. The van der Waals surface area contributed by atoms with Crippen LogP contribution in [0.25, 0.3) is 0 Å². The van der Waals surface area contributed by atoms with Crippen LogP contribution in [-0.4, -0.2) is 11.7 Å². The van der Waals surface area contributed by atoms with Crippen LogP contribution in [0.4, 0.5) is 4.79 Å². The maximum atomic E-state index is 10.5. The SMILES string of the molecule is NC(=O)NN=C1CCC2CCCCC2C1. The van der Waals surface area contributed by atoms with Crippen molar-refractivity contribution in [1.82, 2.24) is 5.43 Å². The molecule has 2 atom stereocenters. The number of carbonyl (C=O) groups excluding carboxylic acids is 1. The zero-order chi connectivity index (χ0) is 10.7. The third-order valence-corrected chi connectivity index (χ3v) is 3.69. The molecule has 0 aromatic rings. The Hall–Kier alpha value is -1.06. The van der Waals surface area contributed by atoms with Crippen molar-refractivity contribution in [3.8, 4) is 0 Å². The second kappa shape index (κ2) is 4.64. The smallest absolute Gasteiger partial charge is 0.332 e. The van der Waals surface area contributed by atoms with Crippen molar-refractivity contribution in [2.24, 2.45) is 22.7 Å². The first-order valence-corrected chi connectivity index (χ1v) is 5.86. The lowest BCUT2D eigenvalue weighted by molar-refractivity contribution is 0.217. The number of amides is 2. The minimum atomic E-state index is -0.562. The highest BCUT2D eigenvalue weighted by Crippen LogP contribution is 2.39. The third kappa shape index (κ3) is 2.70. The van der Waals surface area contributed by atoms with Gasteiger partial charge in [0.05, 0.1) is 0 Å². The normalized spacial score (nSPS) is 33.5. The van der Waals surface area contributed by atoms with Gasteiger partial charge >= 0.3 is 6.03 Å². The van der Waals surface area contributed by atoms with E-state index in [4.69, 9.17) is 5.73 Å². The van der Waals surface area contributed by atoms with Gasteiger partial charge in [-0.05, 0) is 37.5 Å². The Bertz CT molecular complexity index is 275. The molecule has 2 rings (SSSR count). The summed E-state index contributed by atoms with van der Waals surface area (Å²) in [5, 5.41) is 4.07. The molecule has 0 radical (unpaired) electrons. The summed E-state index contributed by atoms with van der Waals surface area (Å²) in [6.45, 7) is 0. The Morgan fingerprint density at radius 1 is 1.27 bits per heavy atom. The summed E-state index contributed by atoms with van der Waals surface area (Å²) in [5.41, 5.74) is 8.44. The van der Waals surface area contributed by atoms with Crippen LogP contribution in [-0.2, 0) is 0 Å². The molecule has 0 saturated heterocycles. The molecule has 2 fully saturated rings. The van der Waals surface area contributed by atoms with Crippen molar-refractivity contribution in [3.05, 3.63) is 0 Å². The van der Waals surface area contributed by atoms with E-state index >= 15 is 0 Å². The number of hydrogen-bond donors (Lipinski definition) is 2. The minimum Gasteiger partial charge on any atom is -0.350 e. The van der Waals surface area contributed by atoms with Gasteiger partial charge in [-0.25, -0.2) is 10.2 Å². The number of nitrogens with zero attached hydrogens (tertiary/aromatic N) is 1. The summed E-state index contributed by atoms with van der Waals surface area (Å²) in [5.74, 6) is 1.72. The first kappa shape index (κ1) is 10.5. The second-order valence-corrected chi connectivity index (χ2v) is 4.70. The van der Waals surface area contributed by atoms with Gasteiger partial charge in [0.2, 0.25) is 0 Å². The summed E-state index contributed by atoms with van der Waals surface area (Å²) in [6.07, 6.45) is 8.81. The Kier molecular flexibility index (Phi) is 3.23. The molecule has 15 heavy (non-hydrogen) atoms. The van der Waals surface area contributed by atoms with Gasteiger partial charge in [0.15, 0.2) is 0 Å². The van der Waals surface area contributed by atoms with Crippen LogP contribution < -0.4 is 11.2 Å². The van der Waals surface area contributed by atoms with Crippen molar-refractivity contribution in [3.63, 3.8) is 0 Å². The zero-order valence-corrected chi connectivity index (χ0v) is 9.04. The van der Waals surface area contributed by atoms with E-state index < -0.39 is 6.03 Å². The summed E-state index contributed by atoms with van der Waals surface area (Å²) >= 11 is 0. The minimum absolute atomic E-state index is 0.562. The number of hydrazone groups is 1. The van der Waals surface area contributed by atoms with Crippen molar-refractivity contribution in [2.75, 3.05) is 0 Å². The van der Waals surface area contributed by atoms with Gasteiger partial charge in [-0.1, -0.05) is 19.3 Å². The highest BCUT2D eigenvalue weighted by Gasteiger charge is 2.30. The first-order chi connectivity index (χ1) is 7.25. The number of nitrogens with one attached hydrogen (secondary N) is 1. The lowest BCUT2D eigenvalue weighted by Crippen LogP contribution is -2.31. The highest BCUT2D eigenvalue weighted by molar-refractivity contribution is 5.86. The molecule has 4 heteroatoms. The summed E-state index contributed by atoms with van der Waals surface area (Å²) in [6, 6.07) is -0.562. The van der Waals surface area contributed by atoms with E-state index in [-0.39, 0.29) is 0 Å². The molecular formula is C11H19N3O. The maximum Gasteiger partial charge on any atom is 0.332 e. The number of primary amides is 1. The molecule has 0 heterocycles. The van der Waals surface area contributed by atoms with Crippen molar-refractivity contribution >= 4 is 11.7 Å². The number of carbonyl (C=O) groups is 1. The average Bonchev–Trinajstić information content (AvgIpc) is 2.26. The molecule has 0 aromatic heterocycles. The molecule has 2 saturated carbocycles. The van der Waals surface area contributed by atoms with Crippen molar-refractivity contribution < 1.29 is 4.79 Å². The number of urea groups is 1. The predicted molar refractivity (Wildman–Crippen MR) is 59.5 cm³/mol. The van der Waals surface area contributed by atoms with E-state index in [0.717, 1.165) is 30.4 Å². The lowest BCUT2D eigenvalue weighted by Gasteiger charge is -2.35. The fraction of sp³-hybridized carbons (Fsp3) is 0.818. The van der Waals surface area contributed by atoms with E-state index in [1.165, 1.54) is 32.1 Å². The monoisotopic (exact) mass is 209 g/mol. The molecule has 2 aliphatic carbocycles. The number of nitrogens with two attached hydrogens (primary N) is 1. The Labute approximate surface area is 90.3 Å². The van der Waals surface area contributed by atoms with Crippen LogP contribution in [0, 0.1) is 11.8 Å². The molecule has 2 unspecified atom stereocenters. The van der Waals surface area contributed by atoms with Gasteiger partial charge in [0, 0.05) is 5.71 Å². The second-order valence-electron chi connectivity index (χ2n) is 4.70. The van der Waals surface area contributed by atoms with Gasteiger partial charge in [0.1, 0.15) is 0 Å². The molecule has 0 aliphatic heterocycles. The van der Waals surface area contributed by atoms with Crippen LogP contribution in [0.3, 0.4) is 0 Å². The molecular weight excluding hydrogens is 190 g/mol. The standard InChI is InChI=1S/C11H19N3O/c12-11(15)14-13-10-6-5-8-3-1-2-4-9(8)7-10/h8-9H,1-7H2,(H3,12,14,15). The van der Waals surface area contributed by atoms with Gasteiger partial charge in [0.25, 0.3) is 0 Å². The van der Waals surface area contributed by atoms with Crippen LogP contribution in [0.1, 0.15) is 44.9 Å². The quantitative estimate of drug-likeness (QED) is 0.637. The Balaban J connectivity index is 1.90. The summed E-state index contributed by atoms with van der Waals surface area (Å²) in [7, 11) is 0. The summed E-state index contributed by atoms with van der Waals surface area (Å²) in [4.78, 5) is 10.5. The molecule has 0 bridgehead atoms. The van der Waals surface area contributed by atoms with Crippen molar-refractivity contribution in [1.29, 1.82) is 0 Å². The Morgan fingerprint density at radius 3 is 2.73 bits per heavy atom. The first-order valence-electron chi connectivity index (χ1n) is 5.86. The molecule has 0 aromatic carbocycles. The topological polar surface area (TPSA) is 67.5 Å². The average molecular weight is 209 g/mol. The fourth-order valence-electron chi connectivity index (χ4n) is 2.93. The van der Waals surface area contributed by atoms with Crippen LogP contribution in [0.5, 0.6) is 0 Å².